The monoisotopic (exact) mass is 810 g/mol. The van der Waals surface area contributed by atoms with Crippen LogP contribution in [-0.2, 0) is 21.8 Å². The van der Waals surface area contributed by atoms with Crippen LogP contribution in [-0.4, -0.2) is 68.2 Å². The third-order valence-electron chi connectivity index (χ3n) is 9.26. The summed E-state index contributed by atoms with van der Waals surface area (Å²) in [6.45, 7) is 35.0. The van der Waals surface area contributed by atoms with Crippen LogP contribution < -0.4 is 0 Å². The Morgan fingerprint density at radius 1 is 0.366 bits per heavy atom. The van der Waals surface area contributed by atoms with Gasteiger partial charge in [0.05, 0.1) is 0 Å². The van der Waals surface area contributed by atoms with Gasteiger partial charge in [-0.3, -0.25) is 0 Å². The molecule has 4 fully saturated rings. The molecule has 7 heteroatoms. The molecule has 0 bridgehead atoms. The van der Waals surface area contributed by atoms with E-state index in [-0.39, 0.29) is 56.6 Å². The van der Waals surface area contributed by atoms with Crippen molar-refractivity contribution in [2.24, 2.45) is 0 Å². The molecule has 0 spiro atoms. The summed E-state index contributed by atoms with van der Waals surface area (Å²) in [4.78, 5) is 0. The Morgan fingerprint density at radius 3 is 0.512 bits per heavy atom. The van der Waals surface area contributed by atoms with Gasteiger partial charge in [0.25, 0.3) is 0 Å². The number of rotatable bonds is 0. The standard InChI is InChI=1S/3C10H15.C4H8O.2ClH.Fe.3Ga/c3*1-6-7(2)9(4)10(5)8(6)3;1-2-4-5-3-1;;;;;;/h3*1-5H3;1-4H2;2*1H;;;;/q;;;;;;;;;+2/p-2. The van der Waals surface area contributed by atoms with E-state index in [1.807, 2.05) is 0 Å². The molecule has 22 radical (unpaired) electrons. The predicted octanol–water partition coefficient (Wildman–Crippen LogP) is 9.95. The maximum atomic E-state index is 4.94. The Hall–Kier alpha value is 2.97. The van der Waals surface area contributed by atoms with E-state index in [9.17, 15) is 0 Å². The molecule has 1 saturated heterocycles. The molecule has 41 heavy (non-hydrogen) atoms. The van der Waals surface area contributed by atoms with Gasteiger partial charge in [-0.1, -0.05) is 104 Å². The van der Waals surface area contributed by atoms with Gasteiger partial charge in [0.1, 0.15) is 0 Å². The summed E-state index contributed by atoms with van der Waals surface area (Å²) in [6.07, 6.45) is 2.56. The Morgan fingerprint density at radius 2 is 0.463 bits per heavy atom. The van der Waals surface area contributed by atoms with E-state index in [0.717, 1.165) is 13.2 Å². The van der Waals surface area contributed by atoms with Crippen molar-refractivity contribution in [3.05, 3.63) is 88.8 Å². The summed E-state index contributed by atoms with van der Waals surface area (Å²) in [5.41, 5.74) is 0. The zero-order chi connectivity index (χ0) is 29.9. The van der Waals surface area contributed by atoms with E-state index >= 15 is 0 Å². The van der Waals surface area contributed by atoms with Gasteiger partial charge in [-0.2, -0.15) is 0 Å². The fourth-order valence-corrected chi connectivity index (χ4v) is 4.73. The first-order chi connectivity index (χ1) is 17.6. The topological polar surface area (TPSA) is 9.23 Å². The van der Waals surface area contributed by atoms with Gasteiger partial charge in [0.15, 0.2) is 0 Å². The second kappa shape index (κ2) is 26.0. The van der Waals surface area contributed by atoms with Crippen molar-refractivity contribution in [2.45, 2.75) is 117 Å². The van der Waals surface area contributed by atoms with Crippen molar-refractivity contribution in [1.82, 2.24) is 0 Å². The fourth-order valence-electron chi connectivity index (χ4n) is 4.73. The normalized spacial score (nSPS) is 24.1. The van der Waals surface area contributed by atoms with Crippen molar-refractivity contribution in [3.63, 3.8) is 0 Å². The minimum Gasteiger partial charge on any atom is 0 e. The third-order valence-corrected chi connectivity index (χ3v) is 9.26. The number of hydrogen-bond donors (Lipinski definition) is 0. The second-order valence-electron chi connectivity index (χ2n) is 10.8. The van der Waals surface area contributed by atoms with Crippen LogP contribution >= 0.6 is 19.3 Å². The van der Waals surface area contributed by atoms with Gasteiger partial charge in [-0.25, -0.2) is 0 Å². The minimum atomic E-state index is -0.743. The second-order valence-corrected chi connectivity index (χ2v) is 14.6. The largest absolute Gasteiger partial charge is 0 e. The Bertz CT molecular complexity index is 401. The van der Waals surface area contributed by atoms with Gasteiger partial charge in [0, 0.05) is 69.9 Å². The minimum absolute atomic E-state index is 0. The Kier molecular flexibility index (Phi) is 32.2. The Balaban J connectivity index is -0.000000214. The maximum absolute atomic E-state index is 4.94. The third kappa shape index (κ3) is 15.6. The molecule has 4 rings (SSSR count). The SMILES string of the molecule is C1CCOC1.C[C]1[C](C)[C](C)[C](C)[C]1C.C[C]1[C](C)[C](C)[C](C)[C]1C.C[C]1[C](C)[C](C)[C](C)[C]1C.[Cl][Ga][Cl].[Fe].[Ga].[Ga]. The zero-order valence-corrected chi connectivity index (χ0v) is 38.5. The van der Waals surface area contributed by atoms with Gasteiger partial charge in [-0.15, -0.1) is 0 Å². The molecule has 4 aliphatic rings. The number of ether oxygens (including phenoxy) is 1. The number of halogens is 2. The van der Waals surface area contributed by atoms with Gasteiger partial charge < -0.3 is 4.74 Å². The molecular weight excluding hydrogens is 760 g/mol. The summed E-state index contributed by atoms with van der Waals surface area (Å²) in [7, 11) is 9.84. The van der Waals surface area contributed by atoms with E-state index < -0.39 is 15.4 Å². The van der Waals surface area contributed by atoms with Gasteiger partial charge in [-0.05, 0) is 102 Å². The van der Waals surface area contributed by atoms with Crippen LogP contribution in [0.15, 0.2) is 0 Å². The van der Waals surface area contributed by atoms with E-state index in [1.54, 1.807) is 0 Å². The van der Waals surface area contributed by atoms with Crippen LogP contribution in [0.1, 0.15) is 117 Å². The molecule has 0 atom stereocenters. The fraction of sp³-hybridized carbons (Fsp3) is 0.559. The van der Waals surface area contributed by atoms with E-state index in [0.29, 0.717) is 0 Å². The van der Waals surface area contributed by atoms with Crippen molar-refractivity contribution < 1.29 is 21.8 Å². The molecule has 0 aromatic carbocycles. The zero-order valence-electron chi connectivity index (χ0n) is 28.6. The molecule has 226 valence electrons. The molecule has 0 aromatic heterocycles. The van der Waals surface area contributed by atoms with Crippen molar-refractivity contribution in [3.8, 4) is 0 Å². The van der Waals surface area contributed by atoms with E-state index in [1.165, 1.54) is 102 Å². The van der Waals surface area contributed by atoms with Crippen LogP contribution in [0.3, 0.4) is 0 Å². The van der Waals surface area contributed by atoms with Gasteiger partial charge in [0.2, 0.25) is 0 Å². The van der Waals surface area contributed by atoms with Crippen molar-refractivity contribution >= 4 is 74.3 Å². The average Bonchev–Trinajstić information content (AvgIpc) is 3.63. The molecule has 3 aliphatic carbocycles. The Labute approximate surface area is 311 Å². The predicted molar refractivity (Wildman–Crippen MR) is 183 cm³/mol. The van der Waals surface area contributed by atoms with E-state index in [2.05, 4.69) is 104 Å². The van der Waals surface area contributed by atoms with Crippen molar-refractivity contribution in [2.75, 3.05) is 13.2 Å². The number of hydrogen-bond acceptors (Lipinski definition) is 1. The van der Waals surface area contributed by atoms with Crippen molar-refractivity contribution in [1.29, 1.82) is 0 Å². The molecule has 0 amide bonds. The molecule has 0 aromatic rings. The van der Waals surface area contributed by atoms with Crippen LogP contribution in [0.2, 0.25) is 0 Å². The van der Waals surface area contributed by atoms with Crippen LogP contribution in [0.25, 0.3) is 0 Å². The van der Waals surface area contributed by atoms with Gasteiger partial charge >= 0.3 is 34.7 Å². The quantitative estimate of drug-likeness (QED) is 0.222. The summed E-state index contributed by atoms with van der Waals surface area (Å²) in [5.74, 6) is 22.0. The van der Waals surface area contributed by atoms with Crippen LogP contribution in [0, 0.1) is 88.8 Å². The van der Waals surface area contributed by atoms with Crippen LogP contribution in [0.4, 0.5) is 0 Å². The smallest absolute Gasteiger partial charge is 0 e. The molecule has 3 saturated carbocycles. The summed E-state index contributed by atoms with van der Waals surface area (Å²) >= 11 is -0.743. The maximum Gasteiger partial charge on any atom is 0 e. The molecule has 0 unspecified atom stereocenters. The summed E-state index contributed by atoms with van der Waals surface area (Å²) < 4.78 is 4.94. The molecule has 1 heterocycles. The molecular formula is C34H53Cl2FeGa3O. The molecule has 0 N–H and O–H groups in total. The first-order valence-electron chi connectivity index (χ1n) is 13.8. The summed E-state index contributed by atoms with van der Waals surface area (Å²) in [6, 6.07) is 0. The van der Waals surface area contributed by atoms with E-state index in [4.69, 9.17) is 24.0 Å². The molecule has 1 nitrogen and oxygen atoms in total. The average molecular weight is 814 g/mol. The first kappa shape index (κ1) is 50.8. The molecule has 1 aliphatic heterocycles. The summed E-state index contributed by atoms with van der Waals surface area (Å²) in [5, 5.41) is 0. The first-order valence-corrected chi connectivity index (χ1v) is 20.1. The van der Waals surface area contributed by atoms with Crippen LogP contribution in [0.5, 0.6) is 0 Å².